The predicted molar refractivity (Wildman–Crippen MR) is 54.1 cm³/mol. The zero-order chi connectivity index (χ0) is 10.8. The van der Waals surface area contributed by atoms with Crippen molar-refractivity contribution in [3.05, 3.63) is 24.0 Å². The van der Waals surface area contributed by atoms with Crippen LogP contribution in [0.3, 0.4) is 0 Å². The Morgan fingerprint density at radius 3 is 2.93 bits per heavy atom. The van der Waals surface area contributed by atoms with E-state index in [1.54, 1.807) is 0 Å². The zero-order valence-electron chi connectivity index (χ0n) is 8.11. The van der Waals surface area contributed by atoms with Crippen molar-refractivity contribution in [3.63, 3.8) is 0 Å². The molecule has 1 aromatic rings. The number of anilines is 1. The third-order valence-corrected chi connectivity index (χ3v) is 2.38. The standard InChI is InChI=1S/C10H13FN2O2/c11-6-1-2-7(12)9(3-6)15-10-5-13-4-8(10)14/h1-3,8,10,13-14H,4-5,12H2/t8-,10-/m1/s1. The SMILES string of the molecule is Nc1ccc(F)cc1O[C@@H]1CNC[C@H]1O. The van der Waals surface area contributed by atoms with Gasteiger partial charge in [-0.05, 0) is 12.1 Å². The molecular formula is C10H13FN2O2. The van der Waals surface area contributed by atoms with Gasteiger partial charge in [-0.1, -0.05) is 0 Å². The van der Waals surface area contributed by atoms with E-state index < -0.39 is 11.9 Å². The van der Waals surface area contributed by atoms with Gasteiger partial charge in [-0.3, -0.25) is 0 Å². The fourth-order valence-corrected chi connectivity index (χ4v) is 1.53. The van der Waals surface area contributed by atoms with Gasteiger partial charge in [0.1, 0.15) is 23.8 Å². The van der Waals surface area contributed by atoms with Crippen LogP contribution in [-0.4, -0.2) is 30.4 Å². The molecule has 0 radical (unpaired) electrons. The van der Waals surface area contributed by atoms with Crippen LogP contribution in [0.1, 0.15) is 0 Å². The van der Waals surface area contributed by atoms with Crippen molar-refractivity contribution in [2.24, 2.45) is 0 Å². The average molecular weight is 212 g/mol. The maximum atomic E-state index is 12.9. The average Bonchev–Trinajstić information content (AvgIpc) is 2.58. The van der Waals surface area contributed by atoms with Crippen molar-refractivity contribution in [1.82, 2.24) is 5.32 Å². The Labute approximate surface area is 86.8 Å². The molecule has 0 amide bonds. The van der Waals surface area contributed by atoms with Gasteiger partial charge in [0.15, 0.2) is 0 Å². The number of nitrogens with one attached hydrogen (secondary N) is 1. The number of rotatable bonds is 2. The second kappa shape index (κ2) is 4.04. The van der Waals surface area contributed by atoms with Gasteiger partial charge in [-0.25, -0.2) is 4.39 Å². The highest BCUT2D eigenvalue weighted by Crippen LogP contribution is 2.24. The summed E-state index contributed by atoms with van der Waals surface area (Å²) in [6, 6.07) is 3.94. The normalized spacial score (nSPS) is 25.5. The lowest BCUT2D eigenvalue weighted by Crippen LogP contribution is -2.30. The Bertz CT molecular complexity index is 359. The number of nitrogens with two attached hydrogens (primary N) is 1. The molecule has 1 fully saturated rings. The van der Waals surface area contributed by atoms with Crippen LogP contribution in [0.4, 0.5) is 10.1 Å². The van der Waals surface area contributed by atoms with Crippen LogP contribution in [0.2, 0.25) is 0 Å². The summed E-state index contributed by atoms with van der Waals surface area (Å²) < 4.78 is 18.3. The van der Waals surface area contributed by atoms with Gasteiger partial charge in [-0.15, -0.1) is 0 Å². The highest BCUT2D eigenvalue weighted by Gasteiger charge is 2.27. The van der Waals surface area contributed by atoms with Gasteiger partial charge < -0.3 is 20.9 Å². The lowest BCUT2D eigenvalue weighted by atomic mass is 10.2. The highest BCUT2D eigenvalue weighted by molar-refractivity contribution is 5.52. The minimum absolute atomic E-state index is 0.280. The molecule has 0 bridgehead atoms. The van der Waals surface area contributed by atoms with Crippen LogP contribution in [0.25, 0.3) is 0 Å². The molecule has 1 heterocycles. The molecule has 2 rings (SSSR count). The number of hydrogen-bond acceptors (Lipinski definition) is 4. The summed E-state index contributed by atoms with van der Waals surface area (Å²) in [7, 11) is 0. The smallest absolute Gasteiger partial charge is 0.145 e. The molecule has 1 aliphatic rings. The minimum Gasteiger partial charge on any atom is -0.484 e. The van der Waals surface area contributed by atoms with Crippen LogP contribution in [0.5, 0.6) is 5.75 Å². The lowest BCUT2D eigenvalue weighted by Gasteiger charge is -2.17. The van der Waals surface area contributed by atoms with Crippen LogP contribution < -0.4 is 15.8 Å². The minimum atomic E-state index is -0.576. The van der Waals surface area contributed by atoms with E-state index in [0.717, 1.165) is 0 Å². The van der Waals surface area contributed by atoms with Crippen LogP contribution >= 0.6 is 0 Å². The molecule has 0 spiro atoms. The quantitative estimate of drug-likeness (QED) is 0.609. The second-order valence-electron chi connectivity index (χ2n) is 3.56. The van der Waals surface area contributed by atoms with Crippen molar-refractivity contribution in [3.8, 4) is 5.75 Å². The first kappa shape index (κ1) is 10.2. The Kier molecular flexibility index (Phi) is 2.75. The van der Waals surface area contributed by atoms with E-state index in [-0.39, 0.29) is 11.9 Å². The second-order valence-corrected chi connectivity index (χ2v) is 3.56. The maximum Gasteiger partial charge on any atom is 0.145 e. The number of nitrogen functional groups attached to an aromatic ring is 1. The maximum absolute atomic E-state index is 12.9. The topological polar surface area (TPSA) is 67.5 Å². The third kappa shape index (κ3) is 2.19. The van der Waals surface area contributed by atoms with E-state index in [1.165, 1.54) is 18.2 Å². The van der Waals surface area contributed by atoms with E-state index in [2.05, 4.69) is 5.32 Å². The molecule has 0 aromatic heterocycles. The van der Waals surface area contributed by atoms with E-state index in [0.29, 0.717) is 18.8 Å². The monoisotopic (exact) mass is 212 g/mol. The Morgan fingerprint density at radius 2 is 2.27 bits per heavy atom. The van der Waals surface area contributed by atoms with Crippen LogP contribution in [0, 0.1) is 5.82 Å². The van der Waals surface area contributed by atoms with Crippen molar-refractivity contribution in [2.45, 2.75) is 12.2 Å². The van der Waals surface area contributed by atoms with E-state index >= 15 is 0 Å². The Balaban J connectivity index is 2.12. The molecule has 4 nitrogen and oxygen atoms in total. The lowest BCUT2D eigenvalue weighted by molar-refractivity contribution is 0.0740. The van der Waals surface area contributed by atoms with Gasteiger partial charge in [0.25, 0.3) is 0 Å². The number of benzene rings is 1. The molecule has 1 saturated heterocycles. The first-order chi connectivity index (χ1) is 7.16. The van der Waals surface area contributed by atoms with Crippen molar-refractivity contribution in [1.29, 1.82) is 0 Å². The van der Waals surface area contributed by atoms with Gasteiger partial charge in [0.05, 0.1) is 5.69 Å². The molecule has 15 heavy (non-hydrogen) atoms. The van der Waals surface area contributed by atoms with Gasteiger partial charge in [0, 0.05) is 19.2 Å². The van der Waals surface area contributed by atoms with Crippen LogP contribution in [0.15, 0.2) is 18.2 Å². The van der Waals surface area contributed by atoms with Gasteiger partial charge in [0.2, 0.25) is 0 Å². The van der Waals surface area contributed by atoms with Gasteiger partial charge in [-0.2, -0.15) is 0 Å². The number of aliphatic hydroxyl groups excluding tert-OH is 1. The summed E-state index contributed by atoms with van der Waals surface area (Å²) >= 11 is 0. The fourth-order valence-electron chi connectivity index (χ4n) is 1.53. The predicted octanol–water partition coefficient (Wildman–Crippen LogP) is 0.119. The Morgan fingerprint density at radius 1 is 1.47 bits per heavy atom. The number of ether oxygens (including phenoxy) is 1. The van der Waals surface area contributed by atoms with E-state index in [4.69, 9.17) is 10.5 Å². The summed E-state index contributed by atoms with van der Waals surface area (Å²) in [5.41, 5.74) is 5.99. The number of aliphatic hydroxyl groups is 1. The van der Waals surface area contributed by atoms with Crippen molar-refractivity contribution < 1.29 is 14.2 Å². The van der Waals surface area contributed by atoms with Crippen LogP contribution in [-0.2, 0) is 0 Å². The molecular weight excluding hydrogens is 199 g/mol. The molecule has 82 valence electrons. The number of hydrogen-bond donors (Lipinski definition) is 3. The van der Waals surface area contributed by atoms with E-state index in [9.17, 15) is 9.50 Å². The summed E-state index contributed by atoms with van der Waals surface area (Å²) in [5.74, 6) is -0.123. The van der Waals surface area contributed by atoms with Crippen molar-refractivity contribution in [2.75, 3.05) is 18.8 Å². The zero-order valence-corrected chi connectivity index (χ0v) is 8.11. The van der Waals surface area contributed by atoms with Gasteiger partial charge >= 0.3 is 0 Å². The fraction of sp³-hybridized carbons (Fsp3) is 0.400. The highest BCUT2D eigenvalue weighted by atomic mass is 19.1. The number of halogens is 1. The first-order valence-corrected chi connectivity index (χ1v) is 4.77. The third-order valence-electron chi connectivity index (χ3n) is 2.38. The first-order valence-electron chi connectivity index (χ1n) is 4.77. The summed E-state index contributed by atoms with van der Waals surface area (Å²) in [5, 5.41) is 12.5. The van der Waals surface area contributed by atoms with E-state index in [1.807, 2.05) is 0 Å². The summed E-state index contributed by atoms with van der Waals surface area (Å²) in [6.07, 6.45) is -0.943. The molecule has 1 aliphatic heterocycles. The number of β-amino-alcohol motifs (C(OH)–C–C–N with tert-alkyl or cyclic N) is 1. The molecule has 0 unspecified atom stereocenters. The largest absolute Gasteiger partial charge is 0.484 e. The molecule has 0 saturated carbocycles. The molecule has 5 heteroatoms. The molecule has 0 aliphatic carbocycles. The Hall–Kier alpha value is -1.33. The summed E-state index contributed by atoms with van der Waals surface area (Å²) in [6.45, 7) is 1.02. The molecule has 2 atom stereocenters. The van der Waals surface area contributed by atoms with Crippen molar-refractivity contribution >= 4 is 5.69 Å². The molecule has 4 N–H and O–H groups in total. The molecule has 1 aromatic carbocycles. The summed E-state index contributed by atoms with van der Waals surface area (Å²) in [4.78, 5) is 0.